The largest absolute Gasteiger partial charge is 0.434 e. The van der Waals surface area contributed by atoms with Crippen molar-refractivity contribution in [3.8, 4) is 22.9 Å². The van der Waals surface area contributed by atoms with Crippen LogP contribution < -0.4 is 5.32 Å². The van der Waals surface area contributed by atoms with Crippen molar-refractivity contribution in [2.75, 3.05) is 5.32 Å². The SMILES string of the molecule is Cc1ccc(Nc2cccc(-c3cnc(-c4ccccc4)o3)n2)nc1. The third-order valence-corrected chi connectivity index (χ3v) is 3.70. The van der Waals surface area contributed by atoms with Crippen molar-refractivity contribution in [1.82, 2.24) is 15.0 Å². The molecule has 0 aliphatic carbocycles. The number of hydrogen-bond donors (Lipinski definition) is 1. The molecule has 4 aromatic rings. The highest BCUT2D eigenvalue weighted by Crippen LogP contribution is 2.25. The number of benzene rings is 1. The van der Waals surface area contributed by atoms with Gasteiger partial charge in [0.15, 0.2) is 5.76 Å². The maximum Gasteiger partial charge on any atom is 0.226 e. The van der Waals surface area contributed by atoms with E-state index in [1.807, 2.05) is 73.8 Å². The molecule has 0 radical (unpaired) electrons. The van der Waals surface area contributed by atoms with E-state index in [1.165, 1.54) is 0 Å². The Morgan fingerprint density at radius 1 is 0.800 bits per heavy atom. The highest BCUT2D eigenvalue weighted by molar-refractivity contribution is 5.61. The molecule has 0 spiro atoms. The molecule has 0 atom stereocenters. The van der Waals surface area contributed by atoms with E-state index in [2.05, 4.69) is 20.3 Å². The minimum absolute atomic E-state index is 0.580. The Morgan fingerprint density at radius 3 is 2.48 bits per heavy atom. The molecule has 0 bridgehead atoms. The summed E-state index contributed by atoms with van der Waals surface area (Å²) < 4.78 is 5.86. The van der Waals surface area contributed by atoms with Crippen LogP contribution in [0.3, 0.4) is 0 Å². The minimum atomic E-state index is 0.580. The smallest absolute Gasteiger partial charge is 0.226 e. The van der Waals surface area contributed by atoms with Gasteiger partial charge in [0.2, 0.25) is 5.89 Å². The third-order valence-electron chi connectivity index (χ3n) is 3.70. The number of oxazole rings is 1. The van der Waals surface area contributed by atoms with Gasteiger partial charge in [0.1, 0.15) is 17.3 Å². The molecule has 0 saturated carbocycles. The van der Waals surface area contributed by atoms with E-state index < -0.39 is 0 Å². The Balaban J connectivity index is 1.59. The van der Waals surface area contributed by atoms with Crippen LogP contribution in [-0.4, -0.2) is 15.0 Å². The molecule has 5 nitrogen and oxygen atoms in total. The second-order valence-corrected chi connectivity index (χ2v) is 5.65. The summed E-state index contributed by atoms with van der Waals surface area (Å²) in [6.45, 7) is 2.00. The molecule has 0 fully saturated rings. The number of hydrogen-bond acceptors (Lipinski definition) is 5. The van der Waals surface area contributed by atoms with Gasteiger partial charge in [-0.2, -0.15) is 0 Å². The molecule has 5 heteroatoms. The second kappa shape index (κ2) is 6.57. The first-order valence-corrected chi connectivity index (χ1v) is 7.96. The molecule has 1 N–H and O–H groups in total. The number of anilines is 2. The third kappa shape index (κ3) is 3.40. The van der Waals surface area contributed by atoms with E-state index in [4.69, 9.17) is 4.42 Å². The number of nitrogens with zero attached hydrogens (tertiary/aromatic N) is 3. The van der Waals surface area contributed by atoms with Gasteiger partial charge in [-0.15, -0.1) is 0 Å². The fourth-order valence-corrected chi connectivity index (χ4v) is 2.42. The van der Waals surface area contributed by atoms with E-state index in [0.29, 0.717) is 23.2 Å². The maximum absolute atomic E-state index is 5.86. The van der Waals surface area contributed by atoms with Crippen LogP contribution in [0.25, 0.3) is 22.9 Å². The monoisotopic (exact) mass is 328 g/mol. The lowest BCUT2D eigenvalue weighted by atomic mass is 10.2. The number of aromatic nitrogens is 3. The molecule has 4 rings (SSSR count). The van der Waals surface area contributed by atoms with E-state index in [-0.39, 0.29) is 0 Å². The van der Waals surface area contributed by atoms with E-state index in [9.17, 15) is 0 Å². The van der Waals surface area contributed by atoms with Gasteiger partial charge >= 0.3 is 0 Å². The number of rotatable bonds is 4. The zero-order chi connectivity index (χ0) is 17.1. The lowest BCUT2D eigenvalue weighted by Crippen LogP contribution is -1.96. The summed E-state index contributed by atoms with van der Waals surface area (Å²) in [5.41, 5.74) is 2.76. The molecule has 3 aromatic heterocycles. The van der Waals surface area contributed by atoms with Gasteiger partial charge in [0.25, 0.3) is 0 Å². The van der Waals surface area contributed by atoms with Gasteiger partial charge in [-0.3, -0.25) is 0 Å². The number of nitrogens with one attached hydrogen (secondary N) is 1. The summed E-state index contributed by atoms with van der Waals surface area (Å²) >= 11 is 0. The fraction of sp³-hybridized carbons (Fsp3) is 0.0500. The molecule has 1 aromatic carbocycles. The highest BCUT2D eigenvalue weighted by atomic mass is 16.4. The molecule has 25 heavy (non-hydrogen) atoms. The molecule has 0 aliphatic rings. The van der Waals surface area contributed by atoms with Crippen molar-refractivity contribution in [1.29, 1.82) is 0 Å². The number of pyridine rings is 2. The zero-order valence-electron chi connectivity index (χ0n) is 13.7. The van der Waals surface area contributed by atoms with Crippen molar-refractivity contribution < 1.29 is 4.42 Å². The highest BCUT2D eigenvalue weighted by Gasteiger charge is 2.10. The predicted octanol–water partition coefficient (Wildman–Crippen LogP) is 4.85. The number of aryl methyl sites for hydroxylation is 1. The second-order valence-electron chi connectivity index (χ2n) is 5.65. The summed E-state index contributed by atoms with van der Waals surface area (Å²) in [6.07, 6.45) is 3.51. The van der Waals surface area contributed by atoms with Crippen LogP contribution in [0, 0.1) is 6.92 Å². The minimum Gasteiger partial charge on any atom is -0.434 e. The average Bonchev–Trinajstić information content (AvgIpc) is 3.15. The Morgan fingerprint density at radius 2 is 1.68 bits per heavy atom. The molecular formula is C20H16N4O. The van der Waals surface area contributed by atoms with E-state index in [1.54, 1.807) is 6.20 Å². The Hall–Kier alpha value is -3.47. The van der Waals surface area contributed by atoms with Crippen LogP contribution in [0.5, 0.6) is 0 Å². The van der Waals surface area contributed by atoms with Gasteiger partial charge < -0.3 is 9.73 Å². The summed E-state index contributed by atoms with van der Waals surface area (Å²) in [5.74, 6) is 2.65. The Bertz CT molecular complexity index is 978. The average molecular weight is 328 g/mol. The molecule has 0 amide bonds. The molecular weight excluding hydrogens is 312 g/mol. The Labute approximate surface area is 145 Å². The lowest BCUT2D eigenvalue weighted by molar-refractivity contribution is 0.586. The normalized spacial score (nSPS) is 10.6. The van der Waals surface area contributed by atoms with Crippen molar-refractivity contribution in [2.45, 2.75) is 6.92 Å². The Kier molecular flexibility index (Phi) is 3.96. The van der Waals surface area contributed by atoms with Crippen molar-refractivity contribution in [3.63, 3.8) is 0 Å². The van der Waals surface area contributed by atoms with Crippen molar-refractivity contribution in [2.24, 2.45) is 0 Å². The van der Waals surface area contributed by atoms with Crippen LogP contribution >= 0.6 is 0 Å². The van der Waals surface area contributed by atoms with Crippen LogP contribution in [0.2, 0.25) is 0 Å². The van der Waals surface area contributed by atoms with Gasteiger partial charge in [-0.1, -0.05) is 30.3 Å². The topological polar surface area (TPSA) is 63.8 Å². The van der Waals surface area contributed by atoms with E-state index >= 15 is 0 Å². The van der Waals surface area contributed by atoms with Crippen LogP contribution in [0.15, 0.2) is 77.5 Å². The van der Waals surface area contributed by atoms with Crippen molar-refractivity contribution in [3.05, 3.63) is 78.6 Å². The summed E-state index contributed by atoms with van der Waals surface area (Å²) in [5, 5.41) is 3.20. The first-order valence-electron chi connectivity index (χ1n) is 7.96. The van der Waals surface area contributed by atoms with Crippen molar-refractivity contribution >= 4 is 11.6 Å². The summed E-state index contributed by atoms with van der Waals surface area (Å²) in [4.78, 5) is 13.3. The lowest BCUT2D eigenvalue weighted by Gasteiger charge is -2.06. The standard InChI is InChI=1S/C20H16N4O/c1-14-10-11-18(21-12-14)24-19-9-5-8-16(23-19)17-13-22-20(25-17)15-6-3-2-4-7-15/h2-13H,1H3,(H,21,23,24). The molecule has 0 unspecified atom stereocenters. The molecule has 0 aliphatic heterocycles. The summed E-state index contributed by atoms with van der Waals surface area (Å²) in [7, 11) is 0. The van der Waals surface area contributed by atoms with Crippen LogP contribution in [-0.2, 0) is 0 Å². The zero-order valence-corrected chi connectivity index (χ0v) is 13.7. The fourth-order valence-electron chi connectivity index (χ4n) is 2.42. The quantitative estimate of drug-likeness (QED) is 0.580. The molecule has 3 heterocycles. The van der Waals surface area contributed by atoms with Gasteiger partial charge in [-0.25, -0.2) is 15.0 Å². The van der Waals surface area contributed by atoms with Gasteiger partial charge in [0, 0.05) is 11.8 Å². The van der Waals surface area contributed by atoms with Gasteiger partial charge in [-0.05, 0) is 42.8 Å². The first-order chi connectivity index (χ1) is 12.3. The van der Waals surface area contributed by atoms with Crippen LogP contribution in [0.4, 0.5) is 11.6 Å². The molecule has 122 valence electrons. The molecule has 0 saturated heterocycles. The maximum atomic E-state index is 5.86. The van der Waals surface area contributed by atoms with E-state index in [0.717, 1.165) is 16.9 Å². The first kappa shape index (κ1) is 15.1. The summed E-state index contributed by atoms with van der Waals surface area (Å²) in [6, 6.07) is 19.4. The van der Waals surface area contributed by atoms with Gasteiger partial charge in [0.05, 0.1) is 6.20 Å². The predicted molar refractivity (Wildman–Crippen MR) is 97.4 cm³/mol. The van der Waals surface area contributed by atoms with Crippen LogP contribution in [0.1, 0.15) is 5.56 Å².